The molecule has 1 heterocycles. The van der Waals surface area contributed by atoms with E-state index in [-0.39, 0.29) is 22.9 Å². The van der Waals surface area contributed by atoms with Crippen molar-refractivity contribution in [3.63, 3.8) is 0 Å². The van der Waals surface area contributed by atoms with Gasteiger partial charge in [-0.15, -0.1) is 0 Å². The highest BCUT2D eigenvalue weighted by Gasteiger charge is 2.20. The first-order valence-corrected chi connectivity index (χ1v) is 6.45. The monoisotopic (exact) mass is 309 g/mol. The zero-order valence-corrected chi connectivity index (χ0v) is 11.9. The van der Waals surface area contributed by atoms with Crippen LogP contribution in [-0.4, -0.2) is 22.4 Å². The maximum absolute atomic E-state index is 11.7. The molecule has 0 N–H and O–H groups in total. The number of rotatable bonds is 3. The number of aromatic nitrogens is 2. The third-order valence-corrected chi connectivity index (χ3v) is 3.34. The Morgan fingerprint density at radius 1 is 1.50 bits per heavy atom. The molecule has 0 amide bonds. The van der Waals surface area contributed by atoms with E-state index in [2.05, 4.69) is 5.10 Å². The zero-order valence-electron chi connectivity index (χ0n) is 10.4. The first kappa shape index (κ1) is 14.4. The van der Waals surface area contributed by atoms with E-state index in [4.69, 9.17) is 27.9 Å². The van der Waals surface area contributed by atoms with Crippen molar-refractivity contribution < 1.29 is 9.53 Å². The van der Waals surface area contributed by atoms with Crippen LogP contribution in [0.2, 0.25) is 10.0 Å². The molecule has 1 aromatic carbocycles. The van der Waals surface area contributed by atoms with Gasteiger partial charge in [-0.3, -0.25) is 0 Å². The molecule has 5 nitrogen and oxygen atoms in total. The molecule has 0 atom stereocenters. The van der Waals surface area contributed by atoms with Crippen LogP contribution in [0.25, 0.3) is 5.69 Å². The van der Waals surface area contributed by atoms with Gasteiger partial charge in [0.15, 0.2) is 5.69 Å². The van der Waals surface area contributed by atoms with Crippen LogP contribution in [-0.2, 0) is 4.74 Å². The number of hydrogen-bond acceptors (Lipinski definition) is 4. The molecule has 0 aliphatic rings. The molecule has 0 spiro atoms. The van der Waals surface area contributed by atoms with Crippen LogP contribution in [0, 0.1) is 11.3 Å². The van der Waals surface area contributed by atoms with Crippen LogP contribution in [0.4, 0.5) is 0 Å². The number of esters is 1. The van der Waals surface area contributed by atoms with E-state index >= 15 is 0 Å². The van der Waals surface area contributed by atoms with E-state index in [1.807, 2.05) is 6.07 Å². The average Bonchev–Trinajstić information content (AvgIpc) is 2.85. The van der Waals surface area contributed by atoms with Crippen LogP contribution in [0.15, 0.2) is 24.4 Å². The van der Waals surface area contributed by atoms with E-state index in [1.165, 1.54) is 10.9 Å². The maximum Gasteiger partial charge on any atom is 0.342 e. The lowest BCUT2D eigenvalue weighted by Gasteiger charge is -2.07. The minimum atomic E-state index is -0.603. The molecule has 0 fully saturated rings. The van der Waals surface area contributed by atoms with Gasteiger partial charge in [-0.2, -0.15) is 10.4 Å². The van der Waals surface area contributed by atoms with Gasteiger partial charge in [-0.05, 0) is 19.1 Å². The van der Waals surface area contributed by atoms with Gasteiger partial charge in [-0.25, -0.2) is 9.48 Å². The molecule has 2 rings (SSSR count). The Morgan fingerprint density at radius 2 is 2.25 bits per heavy atom. The van der Waals surface area contributed by atoms with Crippen LogP contribution in [0.1, 0.15) is 23.0 Å². The van der Waals surface area contributed by atoms with Crippen molar-refractivity contribution in [2.24, 2.45) is 0 Å². The Hall–Kier alpha value is -2.03. The smallest absolute Gasteiger partial charge is 0.342 e. The summed E-state index contributed by atoms with van der Waals surface area (Å²) in [5, 5.41) is 13.8. The zero-order chi connectivity index (χ0) is 14.7. The standard InChI is InChI=1S/C13H9Cl2N3O2/c1-2-20-13(19)8-7-17-18(11(8)6-16)10-5-3-4-9(14)12(10)15/h3-5,7H,2H2,1H3. The summed E-state index contributed by atoms with van der Waals surface area (Å²) in [5.41, 5.74) is 0.560. The fraction of sp³-hybridized carbons (Fsp3) is 0.154. The molecular formula is C13H9Cl2N3O2. The minimum Gasteiger partial charge on any atom is -0.462 e. The lowest BCUT2D eigenvalue weighted by atomic mass is 10.2. The molecule has 0 saturated heterocycles. The Balaban J connectivity index is 2.57. The van der Waals surface area contributed by atoms with Crippen molar-refractivity contribution in [3.8, 4) is 11.8 Å². The second kappa shape index (κ2) is 5.95. The number of benzene rings is 1. The summed E-state index contributed by atoms with van der Waals surface area (Å²) in [6, 6.07) is 6.87. The first-order chi connectivity index (χ1) is 9.60. The van der Waals surface area contributed by atoms with Gasteiger partial charge < -0.3 is 4.74 Å². The number of carbonyl (C=O) groups is 1. The SMILES string of the molecule is CCOC(=O)c1cnn(-c2cccc(Cl)c2Cl)c1C#N. The van der Waals surface area contributed by atoms with Crippen molar-refractivity contribution in [2.75, 3.05) is 6.61 Å². The largest absolute Gasteiger partial charge is 0.462 e. The van der Waals surface area contributed by atoms with Crippen molar-refractivity contribution >= 4 is 29.2 Å². The summed E-state index contributed by atoms with van der Waals surface area (Å²) >= 11 is 12.0. The highest BCUT2D eigenvalue weighted by molar-refractivity contribution is 6.43. The molecule has 0 aliphatic carbocycles. The average molecular weight is 310 g/mol. The van der Waals surface area contributed by atoms with Crippen LogP contribution in [0.5, 0.6) is 0 Å². The van der Waals surface area contributed by atoms with Crippen LogP contribution < -0.4 is 0 Å². The van der Waals surface area contributed by atoms with Gasteiger partial charge in [0.05, 0.1) is 28.5 Å². The molecule has 0 aliphatic heterocycles. The lowest BCUT2D eigenvalue weighted by molar-refractivity contribution is 0.0526. The number of hydrogen-bond donors (Lipinski definition) is 0. The fourth-order valence-electron chi connectivity index (χ4n) is 1.65. The second-order valence-corrected chi connectivity index (χ2v) is 4.51. The van der Waals surface area contributed by atoms with Crippen molar-refractivity contribution in [3.05, 3.63) is 45.7 Å². The second-order valence-electron chi connectivity index (χ2n) is 3.72. The van der Waals surface area contributed by atoms with Crippen LogP contribution >= 0.6 is 23.2 Å². The molecule has 7 heteroatoms. The molecule has 0 radical (unpaired) electrons. The number of nitrogens with zero attached hydrogens (tertiary/aromatic N) is 3. The Labute approximate surface area is 125 Å². The summed E-state index contributed by atoms with van der Waals surface area (Å²) in [7, 11) is 0. The van der Waals surface area contributed by atoms with Gasteiger partial charge in [0.2, 0.25) is 0 Å². The molecular weight excluding hydrogens is 301 g/mol. The van der Waals surface area contributed by atoms with E-state index in [9.17, 15) is 10.1 Å². The summed E-state index contributed by atoms with van der Waals surface area (Å²) in [4.78, 5) is 11.7. The van der Waals surface area contributed by atoms with Gasteiger partial charge in [0.1, 0.15) is 11.6 Å². The predicted molar refractivity (Wildman–Crippen MR) is 74.3 cm³/mol. The van der Waals surface area contributed by atoms with Crippen molar-refractivity contribution in [1.29, 1.82) is 5.26 Å². The van der Waals surface area contributed by atoms with Gasteiger partial charge in [0, 0.05) is 0 Å². The Bertz CT molecular complexity index is 704. The van der Waals surface area contributed by atoms with E-state index < -0.39 is 5.97 Å². The first-order valence-electron chi connectivity index (χ1n) is 5.69. The number of ether oxygens (including phenoxy) is 1. The van der Waals surface area contributed by atoms with Crippen LogP contribution in [0.3, 0.4) is 0 Å². The third kappa shape index (κ3) is 2.48. The summed E-state index contributed by atoms with van der Waals surface area (Å²) in [5.74, 6) is -0.603. The molecule has 0 bridgehead atoms. The summed E-state index contributed by atoms with van der Waals surface area (Å²) in [6.45, 7) is 1.90. The molecule has 20 heavy (non-hydrogen) atoms. The summed E-state index contributed by atoms with van der Waals surface area (Å²) in [6.07, 6.45) is 1.27. The van der Waals surface area contributed by atoms with Gasteiger partial charge in [-0.1, -0.05) is 29.3 Å². The van der Waals surface area contributed by atoms with Crippen molar-refractivity contribution in [1.82, 2.24) is 9.78 Å². The number of nitriles is 1. The molecule has 1 aromatic heterocycles. The van der Waals surface area contributed by atoms with Gasteiger partial charge in [0.25, 0.3) is 0 Å². The fourth-order valence-corrected chi connectivity index (χ4v) is 2.03. The highest BCUT2D eigenvalue weighted by Crippen LogP contribution is 2.29. The summed E-state index contributed by atoms with van der Waals surface area (Å²) < 4.78 is 6.14. The maximum atomic E-state index is 11.7. The van der Waals surface area contributed by atoms with E-state index in [0.29, 0.717) is 10.7 Å². The normalized spacial score (nSPS) is 10.1. The minimum absolute atomic E-state index is 0.0487. The highest BCUT2D eigenvalue weighted by atomic mass is 35.5. The number of carbonyl (C=O) groups excluding carboxylic acids is 1. The Morgan fingerprint density at radius 3 is 2.90 bits per heavy atom. The topological polar surface area (TPSA) is 67.9 Å². The predicted octanol–water partition coefficient (Wildman–Crippen LogP) is 3.23. The number of halogens is 2. The molecule has 2 aromatic rings. The lowest BCUT2D eigenvalue weighted by Crippen LogP contribution is -2.07. The Kier molecular flexibility index (Phi) is 4.28. The quantitative estimate of drug-likeness (QED) is 0.816. The van der Waals surface area contributed by atoms with Gasteiger partial charge >= 0.3 is 5.97 Å². The third-order valence-electron chi connectivity index (χ3n) is 2.53. The van der Waals surface area contributed by atoms with Crippen molar-refractivity contribution in [2.45, 2.75) is 6.92 Å². The molecule has 0 saturated carbocycles. The van der Waals surface area contributed by atoms with E-state index in [1.54, 1.807) is 25.1 Å². The molecule has 0 unspecified atom stereocenters. The molecule has 102 valence electrons. The van der Waals surface area contributed by atoms with E-state index in [0.717, 1.165) is 0 Å².